The number of amides is 2. The monoisotopic (exact) mass is 315 g/mol. The van der Waals surface area contributed by atoms with Gasteiger partial charge in [0.1, 0.15) is 6.04 Å². The Bertz CT molecular complexity index is 569. The summed E-state index contributed by atoms with van der Waals surface area (Å²) in [5.41, 5.74) is 6.80. The minimum atomic E-state index is -0.548. The number of hydrogen-bond donors (Lipinski definition) is 2. The predicted molar refractivity (Wildman–Crippen MR) is 88.5 cm³/mol. The van der Waals surface area contributed by atoms with Crippen LogP contribution in [0, 0.1) is 0 Å². The summed E-state index contributed by atoms with van der Waals surface area (Å²) in [7, 11) is 0. The zero-order chi connectivity index (χ0) is 16.3. The van der Waals surface area contributed by atoms with Gasteiger partial charge in [0.2, 0.25) is 11.8 Å². The molecular formula is C18H25N3O2. The number of nitrogens with one attached hydrogen (secondary N) is 1. The third kappa shape index (κ3) is 3.55. The first-order chi connectivity index (χ1) is 11.1. The summed E-state index contributed by atoms with van der Waals surface area (Å²) in [6, 6.07) is 9.00. The van der Waals surface area contributed by atoms with E-state index in [1.54, 1.807) is 4.90 Å². The van der Waals surface area contributed by atoms with Gasteiger partial charge in [-0.05, 0) is 37.7 Å². The minimum Gasteiger partial charge on any atom is -0.352 e. The summed E-state index contributed by atoms with van der Waals surface area (Å²) in [6.45, 7) is 1.12. The number of carbonyl (C=O) groups is 2. The molecule has 23 heavy (non-hydrogen) atoms. The highest BCUT2D eigenvalue weighted by atomic mass is 16.2. The summed E-state index contributed by atoms with van der Waals surface area (Å²) in [5.74, 6) is -0.0606. The number of benzene rings is 1. The Hall–Kier alpha value is -1.88. The second-order valence-electron chi connectivity index (χ2n) is 6.79. The maximum atomic E-state index is 12.8. The molecule has 124 valence electrons. The van der Waals surface area contributed by atoms with Gasteiger partial charge in [-0.1, -0.05) is 30.3 Å². The number of rotatable bonds is 5. The van der Waals surface area contributed by atoms with Gasteiger partial charge in [-0.25, -0.2) is 0 Å². The van der Waals surface area contributed by atoms with Crippen LogP contribution in [0.1, 0.15) is 50.1 Å². The van der Waals surface area contributed by atoms with Crippen LogP contribution in [0.5, 0.6) is 0 Å². The lowest BCUT2D eigenvalue weighted by atomic mass is 9.77. The van der Waals surface area contributed by atoms with Gasteiger partial charge >= 0.3 is 0 Å². The van der Waals surface area contributed by atoms with Crippen LogP contribution in [-0.4, -0.2) is 35.3 Å². The Balaban J connectivity index is 1.76. The Morgan fingerprint density at radius 1 is 1.22 bits per heavy atom. The van der Waals surface area contributed by atoms with Crippen LogP contribution < -0.4 is 11.1 Å². The molecule has 1 aromatic rings. The second-order valence-corrected chi connectivity index (χ2v) is 6.79. The number of carbonyl (C=O) groups excluding carboxylic acids is 2. The van der Waals surface area contributed by atoms with Gasteiger partial charge in [-0.2, -0.15) is 0 Å². The lowest BCUT2D eigenvalue weighted by Crippen LogP contribution is -2.56. The van der Waals surface area contributed by atoms with Crippen molar-refractivity contribution in [3.63, 3.8) is 0 Å². The fraction of sp³-hybridized carbons (Fsp3) is 0.556. The topological polar surface area (TPSA) is 75.4 Å². The highest BCUT2D eigenvalue weighted by Crippen LogP contribution is 2.29. The van der Waals surface area contributed by atoms with Gasteiger partial charge in [-0.3, -0.25) is 9.59 Å². The normalized spacial score (nSPS) is 21.4. The third-order valence-electron chi connectivity index (χ3n) is 5.00. The molecule has 1 atom stereocenters. The van der Waals surface area contributed by atoms with Crippen molar-refractivity contribution in [3.05, 3.63) is 35.9 Å². The second kappa shape index (κ2) is 6.71. The van der Waals surface area contributed by atoms with Crippen molar-refractivity contribution in [2.45, 2.75) is 50.1 Å². The number of likely N-dealkylation sites (tertiary alicyclic amines) is 1. The highest BCUT2D eigenvalue weighted by molar-refractivity contribution is 5.89. The molecule has 1 aromatic carbocycles. The Kier molecular flexibility index (Phi) is 4.66. The van der Waals surface area contributed by atoms with Crippen LogP contribution >= 0.6 is 0 Å². The number of nitrogens with two attached hydrogens (primary N) is 1. The summed E-state index contributed by atoms with van der Waals surface area (Å²) < 4.78 is 0. The van der Waals surface area contributed by atoms with Gasteiger partial charge in [0.25, 0.3) is 0 Å². The van der Waals surface area contributed by atoms with E-state index in [1.165, 1.54) is 0 Å². The molecule has 2 fully saturated rings. The standard InChI is InChI=1S/C18H25N3O2/c19-18(10-6-11-18)13-20-17(23)16(14-7-2-1-3-8-14)21-12-5-4-9-15(21)22/h1-3,7-8,16H,4-6,9-13,19H2,(H,20,23). The average molecular weight is 315 g/mol. The summed E-state index contributed by atoms with van der Waals surface area (Å²) in [4.78, 5) is 26.8. The van der Waals surface area contributed by atoms with Crippen LogP contribution in [0.3, 0.4) is 0 Å². The maximum absolute atomic E-state index is 12.8. The smallest absolute Gasteiger partial charge is 0.247 e. The average Bonchev–Trinajstić information content (AvgIpc) is 2.54. The maximum Gasteiger partial charge on any atom is 0.247 e. The van der Waals surface area contributed by atoms with E-state index < -0.39 is 6.04 Å². The number of piperidine rings is 1. The van der Waals surface area contributed by atoms with Crippen molar-refractivity contribution in [1.29, 1.82) is 0 Å². The molecule has 0 spiro atoms. The van der Waals surface area contributed by atoms with E-state index in [-0.39, 0.29) is 17.4 Å². The molecule has 0 bridgehead atoms. The van der Waals surface area contributed by atoms with Crippen molar-refractivity contribution >= 4 is 11.8 Å². The zero-order valence-electron chi connectivity index (χ0n) is 13.5. The molecule has 2 amide bonds. The summed E-state index contributed by atoms with van der Waals surface area (Å²) >= 11 is 0. The highest BCUT2D eigenvalue weighted by Gasteiger charge is 2.36. The molecular weight excluding hydrogens is 290 g/mol. The Labute approximate surface area is 137 Å². The third-order valence-corrected chi connectivity index (χ3v) is 5.00. The molecule has 5 heteroatoms. The molecule has 1 saturated heterocycles. The van der Waals surface area contributed by atoms with Crippen LogP contribution in [0.2, 0.25) is 0 Å². The van der Waals surface area contributed by atoms with Crippen molar-refractivity contribution in [2.75, 3.05) is 13.1 Å². The molecule has 1 unspecified atom stereocenters. The van der Waals surface area contributed by atoms with E-state index in [0.29, 0.717) is 19.5 Å². The lowest BCUT2D eigenvalue weighted by molar-refractivity contribution is -0.142. The molecule has 1 heterocycles. The first-order valence-electron chi connectivity index (χ1n) is 8.50. The molecule has 3 rings (SSSR count). The van der Waals surface area contributed by atoms with Gasteiger partial charge in [0.15, 0.2) is 0 Å². The molecule has 3 N–H and O–H groups in total. The fourth-order valence-corrected chi connectivity index (χ4v) is 3.38. The quantitative estimate of drug-likeness (QED) is 0.869. The molecule has 0 aromatic heterocycles. The van der Waals surface area contributed by atoms with E-state index in [4.69, 9.17) is 5.73 Å². The predicted octanol–water partition coefficient (Wildman–Crippen LogP) is 1.74. The van der Waals surface area contributed by atoms with Crippen LogP contribution in [0.25, 0.3) is 0 Å². The Morgan fingerprint density at radius 3 is 2.57 bits per heavy atom. The number of hydrogen-bond acceptors (Lipinski definition) is 3. The SMILES string of the molecule is NC1(CNC(=O)C(c2ccccc2)N2CCCCC2=O)CCC1. The lowest BCUT2D eigenvalue weighted by Gasteiger charge is -2.39. The molecule has 1 saturated carbocycles. The molecule has 1 aliphatic heterocycles. The van der Waals surface area contributed by atoms with Crippen molar-refractivity contribution < 1.29 is 9.59 Å². The van der Waals surface area contributed by atoms with E-state index in [2.05, 4.69) is 5.32 Å². The van der Waals surface area contributed by atoms with Gasteiger partial charge in [0, 0.05) is 25.0 Å². The molecule has 1 aliphatic carbocycles. The van der Waals surface area contributed by atoms with E-state index in [0.717, 1.165) is 37.7 Å². The molecule has 2 aliphatic rings. The van der Waals surface area contributed by atoms with E-state index >= 15 is 0 Å². The minimum absolute atomic E-state index is 0.0614. The Morgan fingerprint density at radius 2 is 1.96 bits per heavy atom. The van der Waals surface area contributed by atoms with E-state index in [9.17, 15) is 9.59 Å². The van der Waals surface area contributed by atoms with E-state index in [1.807, 2.05) is 30.3 Å². The van der Waals surface area contributed by atoms with Crippen LogP contribution in [-0.2, 0) is 9.59 Å². The van der Waals surface area contributed by atoms with Crippen molar-refractivity contribution in [1.82, 2.24) is 10.2 Å². The largest absolute Gasteiger partial charge is 0.352 e. The summed E-state index contributed by atoms with van der Waals surface area (Å²) in [6.07, 6.45) is 5.40. The van der Waals surface area contributed by atoms with Gasteiger partial charge < -0.3 is 16.0 Å². The van der Waals surface area contributed by atoms with Gasteiger partial charge in [-0.15, -0.1) is 0 Å². The number of nitrogens with zero attached hydrogens (tertiary/aromatic N) is 1. The molecule has 5 nitrogen and oxygen atoms in total. The van der Waals surface area contributed by atoms with Crippen molar-refractivity contribution in [2.24, 2.45) is 5.73 Å². The van der Waals surface area contributed by atoms with Gasteiger partial charge in [0.05, 0.1) is 0 Å². The first kappa shape index (κ1) is 16.0. The molecule has 0 radical (unpaired) electrons. The fourth-order valence-electron chi connectivity index (χ4n) is 3.38. The summed E-state index contributed by atoms with van der Waals surface area (Å²) in [5, 5.41) is 2.98. The van der Waals surface area contributed by atoms with Crippen LogP contribution in [0.15, 0.2) is 30.3 Å². The first-order valence-corrected chi connectivity index (χ1v) is 8.50. The zero-order valence-corrected chi connectivity index (χ0v) is 13.5. The van der Waals surface area contributed by atoms with Crippen LogP contribution in [0.4, 0.5) is 0 Å². The van der Waals surface area contributed by atoms with Crippen molar-refractivity contribution in [3.8, 4) is 0 Å².